The fourth-order valence-corrected chi connectivity index (χ4v) is 2.82. The predicted octanol–water partition coefficient (Wildman–Crippen LogP) is 1.52. The van der Waals surface area contributed by atoms with Crippen LogP contribution in [0.5, 0.6) is 0 Å². The summed E-state index contributed by atoms with van der Waals surface area (Å²) in [5.41, 5.74) is 2.96. The van der Waals surface area contributed by atoms with Crippen molar-refractivity contribution in [1.82, 2.24) is 5.32 Å². The Hall–Kier alpha value is -1.88. The minimum absolute atomic E-state index is 0.149. The number of rotatable bonds is 3. The van der Waals surface area contributed by atoms with Crippen molar-refractivity contribution in [1.29, 1.82) is 0 Å². The van der Waals surface area contributed by atoms with Crippen LogP contribution in [0.4, 0.5) is 0 Å². The number of hydrogen-bond donors (Lipinski definition) is 2. The lowest BCUT2D eigenvalue weighted by Crippen LogP contribution is -2.44. The van der Waals surface area contributed by atoms with Gasteiger partial charge in [-0.1, -0.05) is 35.0 Å². The summed E-state index contributed by atoms with van der Waals surface area (Å²) in [6, 6.07) is 7.85. The van der Waals surface area contributed by atoms with Crippen LogP contribution in [0.3, 0.4) is 0 Å². The topological polar surface area (TPSA) is 70.9 Å². The van der Waals surface area contributed by atoms with E-state index in [0.29, 0.717) is 6.42 Å². The Balaban J connectivity index is 1.58. The van der Waals surface area contributed by atoms with E-state index in [2.05, 4.69) is 10.5 Å². The zero-order chi connectivity index (χ0) is 14.8. The van der Waals surface area contributed by atoms with Gasteiger partial charge in [-0.15, -0.1) is 0 Å². The molecule has 2 aliphatic rings. The summed E-state index contributed by atoms with van der Waals surface area (Å²) < 4.78 is 0. The van der Waals surface area contributed by atoms with E-state index in [4.69, 9.17) is 4.84 Å². The Morgan fingerprint density at radius 1 is 1.33 bits per heavy atom. The highest BCUT2D eigenvalue weighted by Crippen LogP contribution is 2.21. The summed E-state index contributed by atoms with van der Waals surface area (Å²) >= 11 is 0. The van der Waals surface area contributed by atoms with Gasteiger partial charge >= 0.3 is 0 Å². The number of oxime groups is 1. The van der Waals surface area contributed by atoms with Crippen molar-refractivity contribution >= 4 is 11.6 Å². The van der Waals surface area contributed by atoms with Gasteiger partial charge < -0.3 is 15.3 Å². The Morgan fingerprint density at radius 2 is 2.10 bits per heavy atom. The Kier molecular flexibility index (Phi) is 3.92. The lowest BCUT2D eigenvalue weighted by Gasteiger charge is -2.18. The van der Waals surface area contributed by atoms with Crippen molar-refractivity contribution in [3.05, 3.63) is 35.4 Å². The number of aryl methyl sites for hydroxylation is 1. The molecule has 1 fully saturated rings. The molecule has 1 heterocycles. The average molecular weight is 288 g/mol. The van der Waals surface area contributed by atoms with Gasteiger partial charge in [-0.2, -0.15) is 0 Å². The minimum Gasteiger partial charge on any atom is -0.391 e. The monoisotopic (exact) mass is 288 g/mol. The highest BCUT2D eigenvalue weighted by molar-refractivity contribution is 6.04. The number of nitrogens with zero attached hydrogens (tertiary/aromatic N) is 1. The number of benzene rings is 1. The third-order valence-corrected chi connectivity index (χ3v) is 4.15. The number of carbonyl (C=O) groups is 1. The quantitative estimate of drug-likeness (QED) is 0.886. The molecule has 1 amide bonds. The molecule has 2 N–H and O–H groups in total. The van der Waals surface area contributed by atoms with Crippen LogP contribution in [-0.4, -0.2) is 35.0 Å². The van der Waals surface area contributed by atoms with E-state index in [1.165, 1.54) is 5.56 Å². The first-order valence-electron chi connectivity index (χ1n) is 7.41. The summed E-state index contributed by atoms with van der Waals surface area (Å²) in [7, 11) is 0. The van der Waals surface area contributed by atoms with Crippen molar-refractivity contribution in [3.8, 4) is 0 Å². The summed E-state index contributed by atoms with van der Waals surface area (Å²) in [6.07, 6.45) is 1.97. The van der Waals surface area contributed by atoms with E-state index >= 15 is 0 Å². The highest BCUT2D eigenvalue weighted by Gasteiger charge is 2.33. The molecule has 3 rings (SSSR count). The van der Waals surface area contributed by atoms with Crippen molar-refractivity contribution in [3.63, 3.8) is 0 Å². The number of hydrogen-bond acceptors (Lipinski definition) is 4. The zero-order valence-electron chi connectivity index (χ0n) is 12.1. The minimum atomic E-state index is -0.589. The molecular weight excluding hydrogens is 268 g/mol. The van der Waals surface area contributed by atoms with E-state index < -0.39 is 12.2 Å². The second kappa shape index (κ2) is 5.85. The molecular formula is C16H20N2O3. The lowest BCUT2D eigenvalue weighted by atomic mass is 10.0. The molecule has 1 aromatic rings. The van der Waals surface area contributed by atoms with E-state index in [-0.39, 0.29) is 11.9 Å². The van der Waals surface area contributed by atoms with Gasteiger partial charge in [0.1, 0.15) is 0 Å². The maximum atomic E-state index is 12.2. The molecule has 112 valence electrons. The predicted molar refractivity (Wildman–Crippen MR) is 79.0 cm³/mol. The number of nitrogens with one attached hydrogen (secondary N) is 1. The number of amides is 1. The van der Waals surface area contributed by atoms with Crippen molar-refractivity contribution in [2.45, 2.75) is 50.9 Å². The van der Waals surface area contributed by atoms with Gasteiger partial charge in [0.15, 0.2) is 0 Å². The molecule has 1 aliphatic carbocycles. The second-order valence-electron chi connectivity index (χ2n) is 5.82. The molecule has 0 bridgehead atoms. The Morgan fingerprint density at radius 3 is 2.76 bits per heavy atom. The van der Waals surface area contributed by atoms with Crippen LogP contribution < -0.4 is 5.32 Å². The van der Waals surface area contributed by atoms with Crippen molar-refractivity contribution in [2.24, 2.45) is 5.16 Å². The van der Waals surface area contributed by atoms with E-state index in [0.717, 1.165) is 30.5 Å². The van der Waals surface area contributed by atoms with E-state index in [9.17, 15) is 9.90 Å². The molecule has 1 aliphatic heterocycles. The molecule has 1 unspecified atom stereocenters. The van der Waals surface area contributed by atoms with Gasteiger partial charge in [0.2, 0.25) is 6.10 Å². The summed E-state index contributed by atoms with van der Waals surface area (Å²) in [5, 5.41) is 16.6. The Labute approximate surface area is 124 Å². The van der Waals surface area contributed by atoms with Crippen LogP contribution in [0, 0.1) is 6.92 Å². The maximum Gasteiger partial charge on any atom is 0.264 e. The van der Waals surface area contributed by atoms with Gasteiger partial charge in [-0.3, -0.25) is 4.79 Å². The third-order valence-electron chi connectivity index (χ3n) is 4.15. The normalized spacial score (nSPS) is 28.1. The highest BCUT2D eigenvalue weighted by atomic mass is 16.6. The molecule has 3 atom stereocenters. The summed E-state index contributed by atoms with van der Waals surface area (Å²) in [6.45, 7) is 2.03. The van der Waals surface area contributed by atoms with Gasteiger partial charge in [-0.25, -0.2) is 0 Å². The molecule has 1 saturated carbocycles. The number of aliphatic hydroxyl groups excluding tert-OH is 1. The molecule has 5 heteroatoms. The fourth-order valence-electron chi connectivity index (χ4n) is 2.82. The van der Waals surface area contributed by atoms with Crippen LogP contribution >= 0.6 is 0 Å². The molecule has 0 spiro atoms. The first-order chi connectivity index (χ1) is 10.1. The largest absolute Gasteiger partial charge is 0.391 e. The average Bonchev–Trinajstić information content (AvgIpc) is 3.10. The van der Waals surface area contributed by atoms with Crippen LogP contribution in [-0.2, 0) is 9.63 Å². The van der Waals surface area contributed by atoms with Gasteiger partial charge in [-0.05, 0) is 31.7 Å². The van der Waals surface area contributed by atoms with Crippen LogP contribution in [0.15, 0.2) is 29.4 Å². The Bertz CT molecular complexity index is 553. The third kappa shape index (κ3) is 3.08. The van der Waals surface area contributed by atoms with Crippen LogP contribution in [0.1, 0.15) is 36.8 Å². The van der Waals surface area contributed by atoms with Crippen LogP contribution in [0.25, 0.3) is 0 Å². The van der Waals surface area contributed by atoms with E-state index in [1.807, 2.05) is 31.2 Å². The molecule has 0 saturated heterocycles. The van der Waals surface area contributed by atoms with Crippen molar-refractivity contribution < 1.29 is 14.7 Å². The number of carbonyl (C=O) groups excluding carboxylic acids is 1. The molecule has 5 nitrogen and oxygen atoms in total. The molecule has 0 radical (unpaired) electrons. The second-order valence-corrected chi connectivity index (χ2v) is 5.82. The van der Waals surface area contributed by atoms with Gasteiger partial charge in [0, 0.05) is 6.42 Å². The van der Waals surface area contributed by atoms with E-state index in [1.54, 1.807) is 0 Å². The van der Waals surface area contributed by atoms with Crippen LogP contribution in [0.2, 0.25) is 0 Å². The molecule has 1 aromatic carbocycles. The smallest absolute Gasteiger partial charge is 0.264 e. The maximum absolute atomic E-state index is 12.2. The first-order valence-corrected chi connectivity index (χ1v) is 7.41. The van der Waals surface area contributed by atoms with Gasteiger partial charge in [0.05, 0.1) is 17.9 Å². The fraction of sp³-hybridized carbons (Fsp3) is 0.500. The molecule has 0 aromatic heterocycles. The first kappa shape index (κ1) is 14.1. The zero-order valence-corrected chi connectivity index (χ0v) is 12.1. The summed E-state index contributed by atoms with van der Waals surface area (Å²) in [4.78, 5) is 17.4. The van der Waals surface area contributed by atoms with Gasteiger partial charge in [0.25, 0.3) is 5.91 Å². The van der Waals surface area contributed by atoms with Crippen molar-refractivity contribution in [2.75, 3.05) is 0 Å². The lowest BCUT2D eigenvalue weighted by molar-refractivity contribution is -0.132. The summed E-state index contributed by atoms with van der Waals surface area (Å²) in [5.74, 6) is -0.188. The number of aliphatic hydroxyl groups is 1. The standard InChI is InChI=1S/C16H20N2O3/c1-10-5-7-11(8-6-10)13-9-15(21-18-13)16(20)17-12-3-2-4-14(12)19/h5-8,12,14-15,19H,2-4,9H2,1H3,(H,17,20)/t12-,14-,15?/m0/s1. The SMILES string of the molecule is Cc1ccc(C2=NOC(C(=O)N[C@H]3CCC[C@@H]3O)C2)cc1. The molecule has 21 heavy (non-hydrogen) atoms.